The molecule has 4 aromatic carbocycles. The zero-order chi connectivity index (χ0) is 23.2. The average molecular weight is 444 g/mol. The molecule has 0 aliphatic heterocycles. The number of fused-ring (bicyclic) bond motifs is 1. The molecule has 0 fully saturated rings. The highest BCUT2D eigenvalue weighted by molar-refractivity contribution is 5.92. The van der Waals surface area contributed by atoms with Crippen LogP contribution in [0.2, 0.25) is 0 Å². The quantitative estimate of drug-likeness (QED) is 0.364. The lowest BCUT2D eigenvalue weighted by Crippen LogP contribution is -2.27. The summed E-state index contributed by atoms with van der Waals surface area (Å²) in [6.45, 7) is 2.28. The Labute approximate surface area is 193 Å². The smallest absolute Gasteiger partial charge is 0.227 e. The summed E-state index contributed by atoms with van der Waals surface area (Å²) < 4.78 is 25.2. The predicted molar refractivity (Wildman–Crippen MR) is 128 cm³/mol. The van der Waals surface area contributed by atoms with Gasteiger partial charge in [0.25, 0.3) is 0 Å². The van der Waals surface area contributed by atoms with Gasteiger partial charge in [-0.05, 0) is 53.1 Å². The highest BCUT2D eigenvalue weighted by Gasteiger charge is 2.17. The average Bonchev–Trinajstić information content (AvgIpc) is 2.86. The van der Waals surface area contributed by atoms with Crippen LogP contribution in [0.4, 0.5) is 4.39 Å². The number of amides is 1. The summed E-state index contributed by atoms with van der Waals surface area (Å²) in [6, 6.07) is 26.0. The lowest BCUT2D eigenvalue weighted by atomic mass is 9.94. The molecular weight excluding hydrogens is 417 g/mol. The number of hydrogen-bond donors (Lipinski definition) is 1. The molecule has 0 spiro atoms. The van der Waals surface area contributed by atoms with Gasteiger partial charge in [-0.1, -0.05) is 54.6 Å². The van der Waals surface area contributed by atoms with Gasteiger partial charge in [0.15, 0.2) is 0 Å². The van der Waals surface area contributed by atoms with Crippen LogP contribution in [0.15, 0.2) is 84.9 Å². The minimum absolute atomic E-state index is 0.0766. The number of carbonyl (C=O) groups is 1. The third-order valence-electron chi connectivity index (χ3n) is 5.70. The van der Waals surface area contributed by atoms with E-state index in [0.29, 0.717) is 23.6 Å². The monoisotopic (exact) mass is 443 g/mol. The zero-order valence-electron chi connectivity index (χ0n) is 18.7. The number of halogens is 1. The van der Waals surface area contributed by atoms with Crippen molar-refractivity contribution in [3.63, 3.8) is 0 Å². The largest absolute Gasteiger partial charge is 0.497 e. The molecule has 5 heteroatoms. The Bertz CT molecular complexity index is 1270. The number of benzene rings is 4. The molecule has 0 aromatic heterocycles. The Morgan fingerprint density at radius 1 is 0.939 bits per heavy atom. The Hall–Kier alpha value is -3.86. The van der Waals surface area contributed by atoms with E-state index in [4.69, 9.17) is 9.47 Å². The molecule has 0 saturated carbocycles. The molecule has 1 atom stereocenters. The van der Waals surface area contributed by atoms with Gasteiger partial charge in [-0.3, -0.25) is 4.79 Å². The maximum absolute atomic E-state index is 14.3. The van der Waals surface area contributed by atoms with Crippen molar-refractivity contribution in [2.24, 2.45) is 0 Å². The lowest BCUT2D eigenvalue weighted by Gasteiger charge is -2.15. The number of ether oxygens (including phenoxy) is 2. The third kappa shape index (κ3) is 5.32. The standard InChI is InChI=1S/C28H26FNO3/c1-19(25-12-5-8-21-7-3-4-11-26(21)25)28(31)30-17-20-13-14-27(29)22(15-20)18-33-24-10-6-9-23(16-24)32-2/h3-16,19H,17-18H2,1-2H3,(H,30,31). The summed E-state index contributed by atoms with van der Waals surface area (Å²) in [6.07, 6.45) is 0. The SMILES string of the molecule is COc1cccc(OCc2cc(CNC(=O)C(C)c3cccc4ccccc34)ccc2F)c1. The molecule has 0 radical (unpaired) electrons. The van der Waals surface area contributed by atoms with E-state index in [-0.39, 0.29) is 24.2 Å². The van der Waals surface area contributed by atoms with E-state index in [1.54, 1.807) is 31.4 Å². The first-order valence-corrected chi connectivity index (χ1v) is 10.8. The van der Waals surface area contributed by atoms with Crippen LogP contribution in [-0.2, 0) is 17.9 Å². The molecule has 1 N–H and O–H groups in total. The Morgan fingerprint density at radius 2 is 1.70 bits per heavy atom. The molecule has 0 saturated heterocycles. The van der Waals surface area contributed by atoms with Gasteiger partial charge in [0.05, 0.1) is 13.0 Å². The first kappa shape index (κ1) is 22.3. The van der Waals surface area contributed by atoms with Gasteiger partial charge < -0.3 is 14.8 Å². The van der Waals surface area contributed by atoms with E-state index in [1.165, 1.54) is 6.07 Å². The summed E-state index contributed by atoms with van der Waals surface area (Å²) in [4.78, 5) is 12.9. The first-order chi connectivity index (χ1) is 16.0. The van der Waals surface area contributed by atoms with Gasteiger partial charge in [-0.25, -0.2) is 4.39 Å². The van der Waals surface area contributed by atoms with Crippen molar-refractivity contribution in [3.05, 3.63) is 107 Å². The zero-order valence-corrected chi connectivity index (χ0v) is 18.7. The Morgan fingerprint density at radius 3 is 2.55 bits per heavy atom. The predicted octanol–water partition coefficient (Wildman–Crippen LogP) is 5.99. The molecule has 4 aromatic rings. The van der Waals surface area contributed by atoms with Crippen molar-refractivity contribution in [2.45, 2.75) is 26.0 Å². The molecule has 4 nitrogen and oxygen atoms in total. The van der Waals surface area contributed by atoms with Crippen LogP contribution in [0.25, 0.3) is 10.8 Å². The molecule has 1 unspecified atom stereocenters. The van der Waals surface area contributed by atoms with Crippen LogP contribution in [-0.4, -0.2) is 13.0 Å². The van der Waals surface area contributed by atoms with Gasteiger partial charge >= 0.3 is 0 Å². The van der Waals surface area contributed by atoms with Crippen LogP contribution >= 0.6 is 0 Å². The van der Waals surface area contributed by atoms with Gasteiger partial charge in [0.2, 0.25) is 5.91 Å². The third-order valence-corrected chi connectivity index (χ3v) is 5.70. The molecular formula is C28H26FNO3. The lowest BCUT2D eigenvalue weighted by molar-refractivity contribution is -0.122. The number of carbonyl (C=O) groups excluding carboxylic acids is 1. The summed E-state index contributed by atoms with van der Waals surface area (Å²) in [5.41, 5.74) is 2.21. The first-order valence-electron chi connectivity index (χ1n) is 10.8. The summed E-state index contributed by atoms with van der Waals surface area (Å²) >= 11 is 0. The molecule has 1 amide bonds. The fourth-order valence-corrected chi connectivity index (χ4v) is 3.81. The van der Waals surface area contributed by atoms with Crippen molar-refractivity contribution in [2.75, 3.05) is 7.11 Å². The highest BCUT2D eigenvalue weighted by atomic mass is 19.1. The summed E-state index contributed by atoms with van der Waals surface area (Å²) in [5, 5.41) is 5.15. The van der Waals surface area contributed by atoms with E-state index in [1.807, 2.05) is 61.5 Å². The van der Waals surface area contributed by atoms with Crippen LogP contribution in [0.3, 0.4) is 0 Å². The molecule has 4 rings (SSSR count). The van der Waals surface area contributed by atoms with Gasteiger partial charge in [-0.2, -0.15) is 0 Å². The van der Waals surface area contributed by atoms with Crippen LogP contribution in [0.5, 0.6) is 11.5 Å². The van der Waals surface area contributed by atoms with Crippen LogP contribution < -0.4 is 14.8 Å². The van der Waals surface area contributed by atoms with Gasteiger partial charge in [0, 0.05) is 18.2 Å². The minimum atomic E-state index is -0.350. The summed E-state index contributed by atoms with van der Waals surface area (Å²) in [7, 11) is 1.58. The number of nitrogens with one attached hydrogen (secondary N) is 1. The van der Waals surface area contributed by atoms with Crippen molar-refractivity contribution in [3.8, 4) is 11.5 Å². The number of hydrogen-bond acceptors (Lipinski definition) is 3. The van der Waals surface area contributed by atoms with Gasteiger partial charge in [0.1, 0.15) is 23.9 Å². The van der Waals surface area contributed by atoms with Crippen LogP contribution in [0, 0.1) is 5.82 Å². The van der Waals surface area contributed by atoms with Crippen molar-refractivity contribution < 1.29 is 18.7 Å². The topological polar surface area (TPSA) is 47.6 Å². The summed E-state index contributed by atoms with van der Waals surface area (Å²) in [5.74, 6) is 0.524. The normalized spacial score (nSPS) is 11.7. The van der Waals surface area contributed by atoms with Crippen molar-refractivity contribution >= 4 is 16.7 Å². The molecule has 0 aliphatic carbocycles. The van der Waals surface area contributed by atoms with Crippen LogP contribution in [0.1, 0.15) is 29.5 Å². The second kappa shape index (κ2) is 10.2. The fourth-order valence-electron chi connectivity index (χ4n) is 3.81. The maximum atomic E-state index is 14.3. The number of methoxy groups -OCH3 is 1. The molecule has 0 heterocycles. The van der Waals surface area contributed by atoms with E-state index in [0.717, 1.165) is 21.9 Å². The van der Waals surface area contributed by atoms with E-state index < -0.39 is 0 Å². The minimum Gasteiger partial charge on any atom is -0.497 e. The molecule has 33 heavy (non-hydrogen) atoms. The van der Waals surface area contributed by atoms with Crippen molar-refractivity contribution in [1.29, 1.82) is 0 Å². The molecule has 168 valence electrons. The second-order valence-corrected chi connectivity index (χ2v) is 7.90. The molecule has 0 bridgehead atoms. The Kier molecular flexibility index (Phi) is 6.89. The van der Waals surface area contributed by atoms with Gasteiger partial charge in [-0.15, -0.1) is 0 Å². The molecule has 0 aliphatic rings. The van der Waals surface area contributed by atoms with E-state index in [2.05, 4.69) is 5.32 Å². The number of rotatable bonds is 8. The second-order valence-electron chi connectivity index (χ2n) is 7.90. The maximum Gasteiger partial charge on any atom is 0.227 e. The fraction of sp³-hybridized carbons (Fsp3) is 0.179. The van der Waals surface area contributed by atoms with Crippen molar-refractivity contribution in [1.82, 2.24) is 5.32 Å². The Balaban J connectivity index is 1.41. The van der Waals surface area contributed by atoms with E-state index >= 15 is 0 Å². The van der Waals surface area contributed by atoms with E-state index in [9.17, 15) is 9.18 Å². The highest BCUT2D eigenvalue weighted by Crippen LogP contribution is 2.26.